The van der Waals surface area contributed by atoms with Crippen LogP contribution in [-0.4, -0.2) is 4.93 Å². The first-order chi connectivity index (χ1) is 20.8. The second-order valence-electron chi connectivity index (χ2n) is 13.2. The number of allylic oxidation sites excluding steroid dienone is 2. The molecule has 6 rings (SSSR count). The number of hydrogen-bond donors (Lipinski definition) is 0. The second-order valence-corrected chi connectivity index (χ2v) is 14.4. The summed E-state index contributed by atoms with van der Waals surface area (Å²) in [6, 6.07) is 28.5. The maximum atomic E-state index is 6.89. The highest BCUT2D eigenvalue weighted by atomic mass is 32.2. The molecule has 0 fully saturated rings. The molecule has 2 nitrogen and oxygen atoms in total. The fourth-order valence-electron chi connectivity index (χ4n) is 7.16. The molecule has 4 aromatic carbocycles. The summed E-state index contributed by atoms with van der Waals surface area (Å²) < 4.78 is 13.4. The fourth-order valence-corrected chi connectivity index (χ4v) is 8.49. The highest BCUT2D eigenvalue weighted by Crippen LogP contribution is 2.56. The zero-order chi connectivity index (χ0) is 30.2. The maximum absolute atomic E-state index is 6.89. The summed E-state index contributed by atoms with van der Waals surface area (Å²) in [5.74, 6) is 2.66. The van der Waals surface area contributed by atoms with Gasteiger partial charge in [-0.2, -0.15) is 0 Å². The van der Waals surface area contributed by atoms with Crippen LogP contribution in [0.15, 0.2) is 89.8 Å². The van der Waals surface area contributed by atoms with Gasteiger partial charge < -0.3 is 9.47 Å². The van der Waals surface area contributed by atoms with E-state index in [9.17, 15) is 0 Å². The molecule has 0 N–H and O–H groups in total. The molecule has 0 amide bonds. The van der Waals surface area contributed by atoms with Gasteiger partial charge in [0.2, 0.25) is 0 Å². The molecule has 4 aromatic rings. The summed E-state index contributed by atoms with van der Waals surface area (Å²) in [6.45, 7) is 14.4. The predicted octanol–water partition coefficient (Wildman–Crippen LogP) is 12.0. The van der Waals surface area contributed by atoms with Crippen LogP contribution in [0, 0.1) is 17.3 Å². The van der Waals surface area contributed by atoms with Crippen molar-refractivity contribution in [1.82, 2.24) is 0 Å². The lowest BCUT2D eigenvalue weighted by molar-refractivity contribution is 0.0757. The highest BCUT2D eigenvalue weighted by Gasteiger charge is 2.46. The summed E-state index contributed by atoms with van der Waals surface area (Å²) in [4.78, 5) is 0.927. The quantitative estimate of drug-likeness (QED) is 0.193. The van der Waals surface area contributed by atoms with Gasteiger partial charge in [0.05, 0.1) is 4.90 Å². The van der Waals surface area contributed by atoms with Gasteiger partial charge in [-0.25, -0.2) is 0 Å². The Morgan fingerprint density at radius 2 is 1.49 bits per heavy atom. The molecule has 0 unspecified atom stereocenters. The molecular weight excluding hydrogens is 545 g/mol. The minimum atomic E-state index is -0.277. The number of thioether (sulfide) groups is 1. The van der Waals surface area contributed by atoms with Gasteiger partial charge in [0.1, 0.15) is 18.1 Å². The Morgan fingerprint density at radius 3 is 2.14 bits per heavy atom. The number of rotatable bonds is 9. The van der Waals surface area contributed by atoms with E-state index in [4.69, 9.17) is 9.47 Å². The van der Waals surface area contributed by atoms with Gasteiger partial charge in [-0.15, -0.1) is 0 Å². The molecule has 2 aliphatic rings. The largest absolute Gasteiger partial charge is 0.488 e. The van der Waals surface area contributed by atoms with Crippen LogP contribution in [0.3, 0.4) is 0 Å². The highest BCUT2D eigenvalue weighted by molar-refractivity contribution is 8.01. The average molecular weight is 591 g/mol. The van der Waals surface area contributed by atoms with Crippen molar-refractivity contribution in [1.29, 1.82) is 0 Å². The van der Waals surface area contributed by atoms with E-state index < -0.39 is 0 Å². The molecule has 0 saturated carbocycles. The van der Waals surface area contributed by atoms with Crippen LogP contribution in [0.5, 0.6) is 11.5 Å². The van der Waals surface area contributed by atoms with Gasteiger partial charge in [-0.05, 0) is 76.1 Å². The van der Waals surface area contributed by atoms with E-state index in [1.165, 1.54) is 63.8 Å². The molecule has 0 spiro atoms. The Balaban J connectivity index is 1.47. The Labute approximate surface area is 262 Å². The standard InChI is InChI=1S/C40H46O2S/c1-7-39(8-2)22-20-30(21-23-39)31-16-12-13-17-32(31)33-18-19-36(41-26-29-14-10-9-11-15-29)35-25-38-37(24-34(33)35)42-40(43-38,27(3)4)28(5)6/h9-20,24-25,27-28H,7-8,21-23,26H2,1-6H3. The normalized spacial score (nSPS) is 17.2. The van der Waals surface area contributed by atoms with Crippen molar-refractivity contribution in [3.05, 3.63) is 96.1 Å². The first-order valence-corrected chi connectivity index (χ1v) is 17.0. The summed E-state index contributed by atoms with van der Waals surface area (Å²) >= 11 is 1.88. The molecule has 1 aliphatic heterocycles. The van der Waals surface area contributed by atoms with E-state index in [0.717, 1.165) is 23.3 Å². The summed E-state index contributed by atoms with van der Waals surface area (Å²) in [6.07, 6.45) is 8.60. The van der Waals surface area contributed by atoms with Crippen LogP contribution in [0.4, 0.5) is 0 Å². The third-order valence-electron chi connectivity index (χ3n) is 10.2. The number of ether oxygens (including phenoxy) is 2. The second kappa shape index (κ2) is 12.1. The molecule has 1 aliphatic carbocycles. The minimum absolute atomic E-state index is 0.277. The molecule has 0 atom stereocenters. The van der Waals surface area contributed by atoms with Gasteiger partial charge in [0.15, 0.2) is 4.93 Å². The molecule has 0 saturated heterocycles. The Kier molecular flexibility index (Phi) is 8.39. The van der Waals surface area contributed by atoms with Crippen LogP contribution >= 0.6 is 11.8 Å². The minimum Gasteiger partial charge on any atom is -0.488 e. The van der Waals surface area contributed by atoms with Crippen molar-refractivity contribution in [2.45, 2.75) is 90.1 Å². The predicted molar refractivity (Wildman–Crippen MR) is 184 cm³/mol. The lowest BCUT2D eigenvalue weighted by atomic mass is 9.70. The summed E-state index contributed by atoms with van der Waals surface area (Å²) in [5, 5.41) is 2.34. The molecule has 43 heavy (non-hydrogen) atoms. The molecule has 1 heterocycles. The van der Waals surface area contributed by atoms with Crippen LogP contribution in [0.2, 0.25) is 0 Å². The first-order valence-electron chi connectivity index (χ1n) is 16.2. The smallest absolute Gasteiger partial charge is 0.163 e. The summed E-state index contributed by atoms with van der Waals surface area (Å²) in [5.41, 5.74) is 7.00. The van der Waals surface area contributed by atoms with Crippen LogP contribution in [-0.2, 0) is 6.61 Å². The van der Waals surface area contributed by atoms with Gasteiger partial charge in [0.25, 0.3) is 0 Å². The van der Waals surface area contributed by atoms with E-state index in [0.29, 0.717) is 23.9 Å². The van der Waals surface area contributed by atoms with Crippen molar-refractivity contribution >= 4 is 28.1 Å². The third-order valence-corrected chi connectivity index (χ3v) is 12.1. The molecule has 0 radical (unpaired) electrons. The van der Waals surface area contributed by atoms with E-state index in [1.807, 2.05) is 17.8 Å². The number of benzene rings is 4. The Hall–Kier alpha value is -3.17. The van der Waals surface area contributed by atoms with Crippen molar-refractivity contribution < 1.29 is 9.47 Å². The maximum Gasteiger partial charge on any atom is 0.163 e. The summed E-state index contributed by atoms with van der Waals surface area (Å²) in [7, 11) is 0. The van der Waals surface area contributed by atoms with Crippen molar-refractivity contribution in [2.24, 2.45) is 17.3 Å². The molecule has 224 valence electrons. The van der Waals surface area contributed by atoms with E-state index in [-0.39, 0.29) is 4.93 Å². The van der Waals surface area contributed by atoms with E-state index >= 15 is 0 Å². The van der Waals surface area contributed by atoms with Crippen molar-refractivity contribution in [3.63, 3.8) is 0 Å². The van der Waals surface area contributed by atoms with E-state index in [2.05, 4.69) is 120 Å². The lowest BCUT2D eigenvalue weighted by Gasteiger charge is -2.35. The van der Waals surface area contributed by atoms with Crippen LogP contribution in [0.1, 0.15) is 84.8 Å². The number of hydrogen-bond acceptors (Lipinski definition) is 3. The topological polar surface area (TPSA) is 18.5 Å². The zero-order valence-electron chi connectivity index (χ0n) is 26.7. The lowest BCUT2D eigenvalue weighted by Crippen LogP contribution is -2.40. The van der Waals surface area contributed by atoms with Gasteiger partial charge in [-0.3, -0.25) is 0 Å². The molecule has 0 bridgehead atoms. The van der Waals surface area contributed by atoms with Crippen molar-refractivity contribution in [2.75, 3.05) is 0 Å². The van der Waals surface area contributed by atoms with Crippen molar-refractivity contribution in [3.8, 4) is 22.6 Å². The molecule has 3 heteroatoms. The van der Waals surface area contributed by atoms with Gasteiger partial charge >= 0.3 is 0 Å². The first kappa shape index (κ1) is 29.9. The van der Waals surface area contributed by atoms with Crippen LogP contribution < -0.4 is 9.47 Å². The molecule has 0 aromatic heterocycles. The van der Waals surface area contributed by atoms with Gasteiger partial charge in [-0.1, -0.05) is 133 Å². The third kappa shape index (κ3) is 5.50. The van der Waals surface area contributed by atoms with Crippen LogP contribution in [0.25, 0.3) is 27.5 Å². The van der Waals surface area contributed by atoms with E-state index in [1.54, 1.807) is 0 Å². The number of fused-ring (bicyclic) bond motifs is 2. The Bertz CT molecular complexity index is 1620. The average Bonchev–Trinajstić information content (AvgIpc) is 3.44. The van der Waals surface area contributed by atoms with Gasteiger partial charge in [0, 0.05) is 17.2 Å². The monoisotopic (exact) mass is 590 g/mol. The SMILES string of the molecule is CCC1(CC)CC=C(c2ccccc2-c2ccc(OCc3ccccc3)c3cc4c(cc23)OC(C(C)C)(C(C)C)S4)CC1. The fraction of sp³-hybridized carbons (Fsp3) is 0.400. The molecular formula is C40H46O2S. The zero-order valence-corrected chi connectivity index (χ0v) is 27.5. The Morgan fingerprint density at radius 1 is 0.791 bits per heavy atom.